The van der Waals surface area contributed by atoms with Gasteiger partial charge in [-0.05, 0) is 17.9 Å². The molecule has 5 heteroatoms. The highest BCUT2D eigenvalue weighted by Crippen LogP contribution is 2.24. The number of nitrogens with zero attached hydrogens (tertiary/aromatic N) is 1. The summed E-state index contributed by atoms with van der Waals surface area (Å²) in [6, 6.07) is 7.15. The van der Waals surface area contributed by atoms with Gasteiger partial charge in [-0.1, -0.05) is 52.3 Å². The normalized spacial score (nSPS) is 12.8. The van der Waals surface area contributed by atoms with E-state index >= 15 is 0 Å². The summed E-state index contributed by atoms with van der Waals surface area (Å²) in [6.07, 6.45) is 4.02. The molecule has 2 aromatic rings. The number of nitrogens with one attached hydrogen (secondary N) is 1. The van der Waals surface area contributed by atoms with Crippen LogP contribution in [0.15, 0.2) is 30.5 Å². The van der Waals surface area contributed by atoms with Crippen LogP contribution in [0.25, 0.3) is 10.9 Å². The molecule has 136 valence electrons. The van der Waals surface area contributed by atoms with E-state index in [1.165, 1.54) is 7.11 Å². The topological polar surface area (TPSA) is 60.3 Å². The molecule has 2 rings (SSSR count). The van der Waals surface area contributed by atoms with Crippen molar-refractivity contribution in [1.29, 1.82) is 0 Å². The number of hydrogen-bond donors (Lipinski definition) is 1. The number of carbonyl (C=O) groups is 2. The molecule has 1 amide bonds. The maximum absolute atomic E-state index is 12.9. The Bertz CT molecular complexity index is 756. The molecule has 5 nitrogen and oxygen atoms in total. The molecule has 1 aromatic carbocycles. The molecule has 0 aliphatic heterocycles. The van der Waals surface area contributed by atoms with E-state index in [4.69, 9.17) is 4.74 Å². The van der Waals surface area contributed by atoms with Gasteiger partial charge >= 0.3 is 5.97 Å². The van der Waals surface area contributed by atoms with Crippen LogP contribution in [0, 0.1) is 5.41 Å². The zero-order valence-corrected chi connectivity index (χ0v) is 15.8. The van der Waals surface area contributed by atoms with Gasteiger partial charge in [0.15, 0.2) is 0 Å². The number of fused-ring (bicyclic) bond motifs is 1. The van der Waals surface area contributed by atoms with Gasteiger partial charge in [0.1, 0.15) is 6.04 Å². The van der Waals surface area contributed by atoms with Gasteiger partial charge in [-0.25, -0.2) is 4.79 Å². The molecular formula is C20H28N2O3. The summed E-state index contributed by atoms with van der Waals surface area (Å²) < 4.78 is 6.97. The number of aromatic nitrogens is 1. The molecule has 0 fully saturated rings. The Morgan fingerprint density at radius 3 is 2.52 bits per heavy atom. The van der Waals surface area contributed by atoms with Crippen LogP contribution in [0.2, 0.25) is 0 Å². The van der Waals surface area contributed by atoms with E-state index in [9.17, 15) is 9.59 Å². The molecule has 1 aromatic heterocycles. The van der Waals surface area contributed by atoms with Crippen LogP contribution in [-0.2, 0) is 16.1 Å². The minimum atomic E-state index is -0.706. The van der Waals surface area contributed by atoms with E-state index < -0.39 is 17.4 Å². The maximum Gasteiger partial charge on any atom is 0.328 e. The molecule has 0 radical (unpaired) electrons. The van der Waals surface area contributed by atoms with Crippen molar-refractivity contribution in [2.75, 3.05) is 7.11 Å². The summed E-state index contributed by atoms with van der Waals surface area (Å²) in [4.78, 5) is 25.0. The number of rotatable bonds is 6. The molecule has 0 unspecified atom stereocenters. The third-order valence-electron chi connectivity index (χ3n) is 4.36. The Morgan fingerprint density at radius 2 is 1.92 bits per heavy atom. The fourth-order valence-electron chi connectivity index (χ4n) is 2.90. The zero-order valence-electron chi connectivity index (χ0n) is 15.8. The van der Waals surface area contributed by atoms with Crippen molar-refractivity contribution < 1.29 is 14.3 Å². The van der Waals surface area contributed by atoms with Crippen molar-refractivity contribution >= 4 is 22.8 Å². The SMILES string of the molecule is CCCCn1cc(C(=O)N[C@H](C(=O)OC)C(C)(C)C)c2ccccc21. The highest BCUT2D eigenvalue weighted by molar-refractivity contribution is 6.08. The molecule has 0 aliphatic carbocycles. The Hall–Kier alpha value is -2.30. The van der Waals surface area contributed by atoms with Crippen molar-refractivity contribution in [3.8, 4) is 0 Å². The molecule has 1 heterocycles. The second-order valence-electron chi connectivity index (χ2n) is 7.40. The van der Waals surface area contributed by atoms with E-state index in [0.717, 1.165) is 30.3 Å². The summed E-state index contributed by atoms with van der Waals surface area (Å²) in [5.41, 5.74) is 1.18. The minimum Gasteiger partial charge on any atom is -0.467 e. The number of methoxy groups -OCH3 is 1. The summed E-state index contributed by atoms with van der Waals surface area (Å²) in [5, 5.41) is 3.76. The highest BCUT2D eigenvalue weighted by atomic mass is 16.5. The van der Waals surface area contributed by atoms with Gasteiger partial charge in [0.2, 0.25) is 0 Å². The molecular weight excluding hydrogens is 316 g/mol. The first-order valence-corrected chi connectivity index (χ1v) is 8.76. The van der Waals surface area contributed by atoms with Crippen molar-refractivity contribution in [2.24, 2.45) is 5.41 Å². The van der Waals surface area contributed by atoms with E-state index in [0.29, 0.717) is 5.56 Å². The lowest BCUT2D eigenvalue weighted by Gasteiger charge is -2.28. The van der Waals surface area contributed by atoms with E-state index in [2.05, 4.69) is 16.8 Å². The molecule has 1 N–H and O–H groups in total. The van der Waals surface area contributed by atoms with Crippen LogP contribution in [-0.4, -0.2) is 29.6 Å². The number of esters is 1. The Balaban J connectivity index is 2.37. The Labute approximate surface area is 149 Å². The number of ether oxygens (including phenoxy) is 1. The molecule has 0 spiro atoms. The van der Waals surface area contributed by atoms with Gasteiger partial charge in [-0.15, -0.1) is 0 Å². The van der Waals surface area contributed by atoms with Crippen LogP contribution in [0.3, 0.4) is 0 Å². The van der Waals surface area contributed by atoms with Gasteiger partial charge in [0.25, 0.3) is 5.91 Å². The number of carbonyl (C=O) groups excluding carboxylic acids is 2. The van der Waals surface area contributed by atoms with Crippen molar-refractivity contribution in [2.45, 2.75) is 53.1 Å². The van der Waals surface area contributed by atoms with Gasteiger partial charge in [-0.2, -0.15) is 0 Å². The van der Waals surface area contributed by atoms with Gasteiger partial charge in [0, 0.05) is 23.6 Å². The molecule has 0 saturated heterocycles. The molecule has 1 atom stereocenters. The van der Waals surface area contributed by atoms with E-state index in [1.807, 2.05) is 51.2 Å². The predicted molar refractivity (Wildman–Crippen MR) is 99.6 cm³/mol. The first-order valence-electron chi connectivity index (χ1n) is 8.76. The number of benzene rings is 1. The number of amides is 1. The van der Waals surface area contributed by atoms with Crippen LogP contribution >= 0.6 is 0 Å². The molecule has 0 aliphatic rings. The first-order chi connectivity index (χ1) is 11.8. The number of hydrogen-bond acceptors (Lipinski definition) is 3. The second kappa shape index (κ2) is 7.72. The molecule has 25 heavy (non-hydrogen) atoms. The standard InChI is InChI=1S/C20H28N2O3/c1-6-7-12-22-13-15(14-10-8-9-11-16(14)22)18(23)21-17(19(24)25-5)20(2,3)4/h8-11,13,17H,6-7,12H2,1-5H3,(H,21,23)/t17-/m1/s1. The number of unbranched alkanes of at least 4 members (excludes halogenated alkanes) is 1. The fraction of sp³-hybridized carbons (Fsp3) is 0.500. The summed E-state index contributed by atoms with van der Waals surface area (Å²) >= 11 is 0. The lowest BCUT2D eigenvalue weighted by Crippen LogP contribution is -2.49. The maximum atomic E-state index is 12.9. The van der Waals surface area contributed by atoms with Crippen molar-refractivity contribution in [3.05, 3.63) is 36.0 Å². The van der Waals surface area contributed by atoms with Crippen LogP contribution in [0.4, 0.5) is 0 Å². The summed E-state index contributed by atoms with van der Waals surface area (Å²) in [5.74, 6) is -0.688. The number of para-hydroxylation sites is 1. The largest absolute Gasteiger partial charge is 0.467 e. The smallest absolute Gasteiger partial charge is 0.328 e. The zero-order chi connectivity index (χ0) is 18.6. The van der Waals surface area contributed by atoms with Gasteiger partial charge < -0.3 is 14.6 Å². The van der Waals surface area contributed by atoms with E-state index in [1.54, 1.807) is 0 Å². The Kier molecular flexibility index (Phi) is 5.88. The minimum absolute atomic E-state index is 0.253. The average molecular weight is 344 g/mol. The monoisotopic (exact) mass is 344 g/mol. The summed E-state index contributed by atoms with van der Waals surface area (Å²) in [6.45, 7) is 8.71. The van der Waals surface area contributed by atoms with Crippen molar-refractivity contribution in [1.82, 2.24) is 9.88 Å². The van der Waals surface area contributed by atoms with Crippen LogP contribution in [0.1, 0.15) is 50.9 Å². The summed E-state index contributed by atoms with van der Waals surface area (Å²) in [7, 11) is 1.34. The average Bonchev–Trinajstić information content (AvgIpc) is 2.95. The van der Waals surface area contributed by atoms with Gasteiger partial charge in [-0.3, -0.25) is 4.79 Å². The van der Waals surface area contributed by atoms with Crippen LogP contribution < -0.4 is 5.32 Å². The number of aryl methyl sites for hydroxylation is 1. The Morgan fingerprint density at radius 1 is 1.24 bits per heavy atom. The van der Waals surface area contributed by atoms with Gasteiger partial charge in [0.05, 0.1) is 12.7 Å². The lowest BCUT2D eigenvalue weighted by atomic mass is 9.86. The highest BCUT2D eigenvalue weighted by Gasteiger charge is 2.34. The molecule has 0 bridgehead atoms. The predicted octanol–water partition coefficient (Wildman–Crippen LogP) is 3.76. The van der Waals surface area contributed by atoms with Crippen molar-refractivity contribution in [3.63, 3.8) is 0 Å². The molecule has 0 saturated carbocycles. The lowest BCUT2D eigenvalue weighted by molar-refractivity contribution is -0.145. The third-order valence-corrected chi connectivity index (χ3v) is 4.36. The van der Waals surface area contributed by atoms with Crippen LogP contribution in [0.5, 0.6) is 0 Å². The second-order valence-corrected chi connectivity index (χ2v) is 7.40. The quantitative estimate of drug-likeness (QED) is 0.812. The first kappa shape index (κ1) is 19.0. The fourth-order valence-corrected chi connectivity index (χ4v) is 2.90. The van der Waals surface area contributed by atoms with E-state index in [-0.39, 0.29) is 5.91 Å². The third kappa shape index (κ3) is 4.21.